The van der Waals surface area contributed by atoms with Crippen molar-refractivity contribution < 1.29 is 23.8 Å². The molecule has 0 aliphatic heterocycles. The Morgan fingerprint density at radius 2 is 1.53 bits per heavy atom. The number of nitrogens with zero attached hydrogens (tertiary/aromatic N) is 1. The Balaban J connectivity index is 1.77. The largest absolute Gasteiger partial charge is 0.458 e. The summed E-state index contributed by atoms with van der Waals surface area (Å²) in [5, 5.41) is 3.73. The number of alkyl carbamates (subject to hydrolysis) is 1. The smallest absolute Gasteiger partial charge is 0.408 e. The molecule has 0 aliphatic carbocycles. The number of esters is 1. The van der Waals surface area contributed by atoms with Crippen LogP contribution in [0, 0.1) is 0 Å². The third-order valence-electron chi connectivity index (χ3n) is 5.27. The number of aromatic nitrogens is 1. The molecule has 0 saturated carbocycles. The summed E-state index contributed by atoms with van der Waals surface area (Å²) < 4.78 is 19.0. The zero-order chi connectivity index (χ0) is 26.3. The fourth-order valence-electron chi connectivity index (χ4n) is 3.83. The molecule has 0 spiro atoms. The number of benzene rings is 2. The summed E-state index contributed by atoms with van der Waals surface area (Å²) in [5.74, 6) is -0.503. The van der Waals surface area contributed by atoms with Gasteiger partial charge in [-0.25, -0.2) is 9.59 Å². The van der Waals surface area contributed by atoms with E-state index in [2.05, 4.69) is 9.88 Å². The number of nitrogens with one attached hydrogen (secondary N) is 1. The lowest BCUT2D eigenvalue weighted by Gasteiger charge is -2.26. The van der Waals surface area contributed by atoms with E-state index in [0.29, 0.717) is 19.8 Å². The van der Waals surface area contributed by atoms with Gasteiger partial charge in [0.2, 0.25) is 0 Å². The molecule has 1 amide bonds. The number of hydrogen-bond donors (Lipinski definition) is 1. The van der Waals surface area contributed by atoms with Crippen LogP contribution in [0.25, 0.3) is 10.9 Å². The highest BCUT2D eigenvalue weighted by Gasteiger charge is 2.30. The maximum Gasteiger partial charge on any atom is 0.408 e. The number of rotatable bonds is 9. The summed E-state index contributed by atoms with van der Waals surface area (Å²) in [4.78, 5) is 25.6. The summed E-state index contributed by atoms with van der Waals surface area (Å²) in [6, 6.07) is 17.2. The zero-order valence-electron chi connectivity index (χ0n) is 22.2. The van der Waals surface area contributed by atoms with E-state index < -0.39 is 29.3 Å². The molecule has 0 aliphatic rings. The zero-order valence-corrected chi connectivity index (χ0v) is 22.2. The first-order valence-corrected chi connectivity index (χ1v) is 12.3. The van der Waals surface area contributed by atoms with E-state index in [1.54, 1.807) is 41.5 Å². The quantitative estimate of drug-likeness (QED) is 0.308. The maximum absolute atomic E-state index is 13.0. The predicted molar refractivity (Wildman–Crippen MR) is 141 cm³/mol. The van der Waals surface area contributed by atoms with Crippen LogP contribution < -0.4 is 5.32 Å². The molecular weight excluding hydrogens is 456 g/mol. The number of carbonyl (C=O) groups is 2. The maximum atomic E-state index is 13.0. The fraction of sp³-hybridized carbons (Fsp3) is 0.448. The highest BCUT2D eigenvalue weighted by Crippen LogP contribution is 2.24. The van der Waals surface area contributed by atoms with Crippen LogP contribution in [0.15, 0.2) is 60.8 Å². The van der Waals surface area contributed by atoms with E-state index in [0.717, 1.165) is 22.0 Å². The normalized spacial score (nSPS) is 12.8. The molecule has 0 saturated heterocycles. The summed E-state index contributed by atoms with van der Waals surface area (Å²) in [6.07, 6.45) is 1.63. The van der Waals surface area contributed by atoms with Crippen molar-refractivity contribution in [2.45, 2.75) is 78.4 Å². The van der Waals surface area contributed by atoms with Gasteiger partial charge in [0.15, 0.2) is 0 Å². The minimum Gasteiger partial charge on any atom is -0.458 e. The Labute approximate surface area is 213 Å². The molecule has 3 rings (SSSR count). The van der Waals surface area contributed by atoms with Crippen molar-refractivity contribution in [3.05, 3.63) is 71.9 Å². The summed E-state index contributed by atoms with van der Waals surface area (Å²) in [7, 11) is 0. The third kappa shape index (κ3) is 8.41. The summed E-state index contributed by atoms with van der Waals surface area (Å²) >= 11 is 0. The van der Waals surface area contributed by atoms with Crippen LogP contribution >= 0.6 is 0 Å². The van der Waals surface area contributed by atoms with Gasteiger partial charge in [0.1, 0.15) is 17.2 Å². The molecule has 7 nitrogen and oxygen atoms in total. The lowest BCUT2D eigenvalue weighted by Crippen LogP contribution is -2.47. The SMILES string of the molecule is CC(C)(C)OC(=O)N[C@H](Cc1cn(CCOCc2ccccc2)c2ccccc12)C(=O)OC(C)(C)C. The van der Waals surface area contributed by atoms with E-state index in [1.807, 2.05) is 60.8 Å². The van der Waals surface area contributed by atoms with Crippen LogP contribution in [0.1, 0.15) is 52.7 Å². The lowest BCUT2D eigenvalue weighted by molar-refractivity contribution is -0.157. The average Bonchev–Trinajstić information content (AvgIpc) is 3.12. The van der Waals surface area contributed by atoms with Crippen molar-refractivity contribution in [2.75, 3.05) is 6.61 Å². The highest BCUT2D eigenvalue weighted by atomic mass is 16.6. The van der Waals surface area contributed by atoms with Crippen molar-refractivity contribution in [3.63, 3.8) is 0 Å². The van der Waals surface area contributed by atoms with Gasteiger partial charge in [0.05, 0.1) is 13.2 Å². The Hall–Kier alpha value is -3.32. The first-order valence-electron chi connectivity index (χ1n) is 12.3. The molecule has 2 aromatic carbocycles. The van der Waals surface area contributed by atoms with Crippen molar-refractivity contribution >= 4 is 23.0 Å². The predicted octanol–water partition coefficient (Wildman–Crippen LogP) is 5.64. The summed E-state index contributed by atoms with van der Waals surface area (Å²) in [6.45, 7) is 12.5. The second-order valence-corrected chi connectivity index (χ2v) is 10.8. The molecule has 194 valence electrons. The van der Waals surface area contributed by atoms with Crippen molar-refractivity contribution in [1.29, 1.82) is 0 Å². The Kier molecular flexibility index (Phi) is 8.79. The average molecular weight is 495 g/mol. The van der Waals surface area contributed by atoms with Gasteiger partial charge >= 0.3 is 12.1 Å². The van der Waals surface area contributed by atoms with Crippen LogP contribution in [0.4, 0.5) is 4.79 Å². The Bertz CT molecular complexity index is 1160. The number of amides is 1. The molecule has 1 aromatic heterocycles. The topological polar surface area (TPSA) is 78.8 Å². The van der Waals surface area contributed by atoms with E-state index in [1.165, 1.54) is 0 Å². The van der Waals surface area contributed by atoms with E-state index in [9.17, 15) is 9.59 Å². The summed E-state index contributed by atoms with van der Waals surface area (Å²) in [5.41, 5.74) is 1.73. The minimum atomic E-state index is -0.896. The van der Waals surface area contributed by atoms with Crippen LogP contribution in [-0.4, -0.2) is 40.5 Å². The van der Waals surface area contributed by atoms with Gasteiger partial charge in [-0.05, 0) is 58.7 Å². The molecule has 1 heterocycles. The fourth-order valence-corrected chi connectivity index (χ4v) is 3.83. The number of carbonyl (C=O) groups excluding carboxylic acids is 2. The van der Waals surface area contributed by atoms with E-state index in [4.69, 9.17) is 14.2 Å². The highest BCUT2D eigenvalue weighted by molar-refractivity contribution is 5.86. The van der Waals surface area contributed by atoms with Crippen LogP contribution in [0.2, 0.25) is 0 Å². The van der Waals surface area contributed by atoms with Crippen molar-refractivity contribution in [2.24, 2.45) is 0 Å². The van der Waals surface area contributed by atoms with Crippen LogP contribution in [0.5, 0.6) is 0 Å². The van der Waals surface area contributed by atoms with E-state index >= 15 is 0 Å². The van der Waals surface area contributed by atoms with Gasteiger partial charge in [-0.1, -0.05) is 48.5 Å². The first kappa shape index (κ1) is 27.3. The molecule has 0 radical (unpaired) electrons. The van der Waals surface area contributed by atoms with Gasteiger partial charge in [-0.15, -0.1) is 0 Å². The standard InChI is InChI=1S/C29H38N2O5/c1-28(2,3)35-26(32)24(30-27(33)36-29(4,5)6)18-22-19-31(25-15-11-10-14-23(22)25)16-17-34-20-21-12-8-7-9-13-21/h7-15,19,24H,16-18,20H2,1-6H3,(H,30,33)/t24-/m1/s1. The molecule has 0 fully saturated rings. The van der Waals surface area contributed by atoms with Crippen molar-refractivity contribution in [3.8, 4) is 0 Å². The van der Waals surface area contributed by atoms with Gasteiger partial charge in [-0.3, -0.25) is 0 Å². The minimum absolute atomic E-state index is 0.270. The van der Waals surface area contributed by atoms with Gasteiger partial charge in [0, 0.05) is 30.1 Å². The number of para-hydroxylation sites is 1. The Morgan fingerprint density at radius 3 is 2.19 bits per heavy atom. The molecule has 36 heavy (non-hydrogen) atoms. The molecule has 7 heteroatoms. The Morgan fingerprint density at radius 1 is 0.889 bits per heavy atom. The van der Waals surface area contributed by atoms with Crippen LogP contribution in [0.3, 0.4) is 0 Å². The van der Waals surface area contributed by atoms with Crippen LogP contribution in [-0.2, 0) is 38.6 Å². The third-order valence-corrected chi connectivity index (χ3v) is 5.27. The number of hydrogen-bond acceptors (Lipinski definition) is 5. The van der Waals surface area contributed by atoms with Gasteiger partial charge < -0.3 is 24.1 Å². The second kappa shape index (κ2) is 11.6. The lowest BCUT2D eigenvalue weighted by atomic mass is 10.0. The molecule has 3 aromatic rings. The molecule has 1 N–H and O–H groups in total. The number of ether oxygens (including phenoxy) is 3. The number of fused-ring (bicyclic) bond motifs is 1. The second-order valence-electron chi connectivity index (χ2n) is 10.8. The first-order chi connectivity index (χ1) is 16.9. The van der Waals surface area contributed by atoms with Crippen molar-refractivity contribution in [1.82, 2.24) is 9.88 Å². The molecular formula is C29H38N2O5. The molecule has 1 atom stereocenters. The molecule has 0 bridgehead atoms. The monoisotopic (exact) mass is 494 g/mol. The van der Waals surface area contributed by atoms with Gasteiger partial charge in [-0.2, -0.15) is 0 Å². The van der Waals surface area contributed by atoms with E-state index in [-0.39, 0.29) is 6.42 Å². The van der Waals surface area contributed by atoms with Gasteiger partial charge in [0.25, 0.3) is 0 Å². The molecule has 0 unspecified atom stereocenters.